The predicted molar refractivity (Wildman–Crippen MR) is 114 cm³/mol. The van der Waals surface area contributed by atoms with Crippen molar-refractivity contribution in [1.29, 1.82) is 0 Å². The lowest BCUT2D eigenvalue weighted by atomic mass is 10.2. The van der Waals surface area contributed by atoms with Crippen LogP contribution in [0.2, 0.25) is 0 Å². The van der Waals surface area contributed by atoms with Crippen molar-refractivity contribution in [3.8, 4) is 0 Å². The Balaban J connectivity index is 1.90. The van der Waals surface area contributed by atoms with Crippen molar-refractivity contribution < 1.29 is 9.59 Å². The van der Waals surface area contributed by atoms with E-state index in [9.17, 15) is 9.59 Å². The number of azo groups is 1. The molecule has 0 saturated carbocycles. The number of carbonyl (C=O) groups excluding carboxylic acids is 2. The third kappa shape index (κ3) is 4.69. The number of hydrogen-bond acceptors (Lipinski definition) is 6. The number of nitrogens with one attached hydrogen (secondary N) is 2. The van der Waals surface area contributed by atoms with Gasteiger partial charge in [-0.15, -0.1) is 16.5 Å². The second-order valence-electron chi connectivity index (χ2n) is 6.21. The smallest absolute Gasteiger partial charge is 0.221 e. The number of para-hydroxylation sites is 1. The summed E-state index contributed by atoms with van der Waals surface area (Å²) in [5.74, 6) is -0.128. The maximum Gasteiger partial charge on any atom is 0.221 e. The van der Waals surface area contributed by atoms with Gasteiger partial charge in [-0.05, 0) is 50.2 Å². The van der Waals surface area contributed by atoms with Gasteiger partial charge in [-0.25, -0.2) is 0 Å². The topological polar surface area (TPSA) is 82.9 Å². The zero-order valence-electron chi connectivity index (χ0n) is 15.8. The van der Waals surface area contributed by atoms with Crippen molar-refractivity contribution in [3.05, 3.63) is 65.0 Å². The van der Waals surface area contributed by atoms with Gasteiger partial charge in [-0.3, -0.25) is 9.59 Å². The first kappa shape index (κ1) is 19.4. The van der Waals surface area contributed by atoms with Crippen LogP contribution in [-0.2, 0) is 4.79 Å². The molecule has 142 valence electrons. The number of rotatable bonds is 6. The van der Waals surface area contributed by atoms with E-state index in [1.807, 2.05) is 37.3 Å². The van der Waals surface area contributed by atoms with Gasteiger partial charge in [0.05, 0.1) is 10.6 Å². The molecule has 1 aromatic heterocycles. The molecule has 3 aromatic rings. The van der Waals surface area contributed by atoms with Gasteiger partial charge in [-0.2, -0.15) is 5.11 Å². The van der Waals surface area contributed by atoms with E-state index in [0.717, 1.165) is 16.3 Å². The standard InChI is InChI=1S/C21H20N4O2S/c1-13-19(25-24-18-11-9-17(10-12-18)22-15(3)27)21(28-20(13)14(2)26)23-16-7-5-4-6-8-16/h4-12,23H,1-3H3,(H,22,27). The molecule has 2 aromatic carbocycles. The predicted octanol–water partition coefficient (Wildman–Crippen LogP) is 6.38. The molecule has 3 rings (SSSR count). The average Bonchev–Trinajstić information content (AvgIpc) is 2.97. The molecule has 1 amide bonds. The fourth-order valence-corrected chi connectivity index (χ4v) is 3.68. The van der Waals surface area contributed by atoms with Crippen LogP contribution in [0.25, 0.3) is 0 Å². The van der Waals surface area contributed by atoms with Gasteiger partial charge in [0.2, 0.25) is 5.91 Å². The minimum absolute atomic E-state index is 0.000258. The van der Waals surface area contributed by atoms with Crippen molar-refractivity contribution in [2.24, 2.45) is 10.2 Å². The SMILES string of the molecule is CC(=O)Nc1ccc(N=Nc2c(Nc3ccccc3)sc(C(C)=O)c2C)cc1. The van der Waals surface area contributed by atoms with Gasteiger partial charge < -0.3 is 10.6 Å². The highest BCUT2D eigenvalue weighted by Crippen LogP contribution is 2.42. The van der Waals surface area contributed by atoms with Crippen molar-refractivity contribution >= 4 is 50.8 Å². The number of ketones is 1. The van der Waals surface area contributed by atoms with Crippen LogP contribution in [0.1, 0.15) is 29.1 Å². The number of thiophene rings is 1. The Morgan fingerprint density at radius 2 is 1.57 bits per heavy atom. The van der Waals surface area contributed by atoms with Crippen LogP contribution in [0, 0.1) is 6.92 Å². The highest BCUT2D eigenvalue weighted by molar-refractivity contribution is 7.19. The molecule has 0 saturated heterocycles. The molecule has 0 aliphatic heterocycles. The van der Waals surface area contributed by atoms with Gasteiger partial charge in [0.15, 0.2) is 5.78 Å². The Labute approximate surface area is 167 Å². The van der Waals surface area contributed by atoms with Gasteiger partial charge in [0.25, 0.3) is 0 Å². The molecule has 0 spiro atoms. The average molecular weight is 392 g/mol. The van der Waals surface area contributed by atoms with Gasteiger partial charge >= 0.3 is 0 Å². The molecule has 0 unspecified atom stereocenters. The molecule has 0 fully saturated rings. The molecule has 0 aliphatic rings. The second kappa shape index (κ2) is 8.58. The number of hydrogen-bond donors (Lipinski definition) is 2. The van der Waals surface area contributed by atoms with E-state index in [1.165, 1.54) is 18.3 Å². The molecule has 1 heterocycles. The van der Waals surface area contributed by atoms with E-state index >= 15 is 0 Å². The number of amides is 1. The zero-order chi connectivity index (χ0) is 20.1. The number of anilines is 3. The molecule has 0 bridgehead atoms. The third-order valence-corrected chi connectivity index (χ3v) is 5.22. The highest BCUT2D eigenvalue weighted by atomic mass is 32.1. The summed E-state index contributed by atoms with van der Waals surface area (Å²) in [5, 5.41) is 15.5. The Bertz CT molecular complexity index is 1020. The van der Waals surface area contributed by atoms with Crippen molar-refractivity contribution in [1.82, 2.24) is 0 Å². The molecule has 2 N–H and O–H groups in total. The summed E-state index contributed by atoms with van der Waals surface area (Å²) in [4.78, 5) is 23.7. The number of carbonyl (C=O) groups is 2. The first-order chi connectivity index (χ1) is 13.4. The van der Waals surface area contributed by atoms with Crippen molar-refractivity contribution in [3.63, 3.8) is 0 Å². The Morgan fingerprint density at radius 1 is 0.893 bits per heavy atom. The monoisotopic (exact) mass is 392 g/mol. The largest absolute Gasteiger partial charge is 0.345 e. The summed E-state index contributed by atoms with van der Waals surface area (Å²) in [6.07, 6.45) is 0. The Hall–Kier alpha value is -3.32. The van der Waals surface area contributed by atoms with Crippen molar-refractivity contribution in [2.45, 2.75) is 20.8 Å². The van der Waals surface area contributed by atoms with E-state index in [-0.39, 0.29) is 11.7 Å². The summed E-state index contributed by atoms with van der Waals surface area (Å²) < 4.78 is 0. The van der Waals surface area contributed by atoms with Gasteiger partial charge in [-0.1, -0.05) is 18.2 Å². The van der Waals surface area contributed by atoms with E-state index in [1.54, 1.807) is 31.2 Å². The number of nitrogens with zero attached hydrogens (tertiary/aromatic N) is 2. The molecule has 0 aliphatic carbocycles. The molecule has 6 nitrogen and oxygen atoms in total. The third-order valence-electron chi connectivity index (χ3n) is 3.92. The van der Waals surface area contributed by atoms with Crippen LogP contribution in [-0.4, -0.2) is 11.7 Å². The minimum atomic E-state index is -0.128. The van der Waals surface area contributed by atoms with E-state index in [0.29, 0.717) is 21.9 Å². The summed E-state index contributed by atoms with van der Waals surface area (Å²) in [5.41, 5.74) is 3.70. The fraction of sp³-hybridized carbons (Fsp3) is 0.143. The van der Waals surface area contributed by atoms with Crippen LogP contribution in [0.15, 0.2) is 64.8 Å². The Kier molecular flexibility index (Phi) is 5.96. The van der Waals surface area contributed by atoms with E-state index in [4.69, 9.17) is 0 Å². The van der Waals surface area contributed by atoms with Crippen LogP contribution < -0.4 is 10.6 Å². The molecular formula is C21H20N4O2S. The molecule has 0 atom stereocenters. The molecule has 28 heavy (non-hydrogen) atoms. The second-order valence-corrected chi connectivity index (χ2v) is 7.23. The first-order valence-corrected chi connectivity index (χ1v) is 9.51. The van der Waals surface area contributed by atoms with Crippen LogP contribution in [0.3, 0.4) is 0 Å². The maximum absolute atomic E-state index is 12.0. The molecule has 0 radical (unpaired) electrons. The summed E-state index contributed by atoms with van der Waals surface area (Å²) in [6.45, 7) is 4.88. The number of Topliss-reactive ketones (excluding diaryl/α,β-unsaturated/α-hetero) is 1. The van der Waals surface area contributed by atoms with Gasteiger partial charge in [0, 0.05) is 23.9 Å². The Morgan fingerprint density at radius 3 is 2.18 bits per heavy atom. The molecular weight excluding hydrogens is 372 g/mol. The highest BCUT2D eigenvalue weighted by Gasteiger charge is 2.18. The number of benzene rings is 2. The normalized spacial score (nSPS) is 10.8. The van der Waals surface area contributed by atoms with Crippen LogP contribution >= 0.6 is 11.3 Å². The van der Waals surface area contributed by atoms with Crippen LogP contribution in [0.5, 0.6) is 0 Å². The zero-order valence-corrected chi connectivity index (χ0v) is 16.6. The quantitative estimate of drug-likeness (QED) is 0.377. The maximum atomic E-state index is 12.0. The summed E-state index contributed by atoms with van der Waals surface area (Å²) in [7, 11) is 0. The van der Waals surface area contributed by atoms with Gasteiger partial charge in [0.1, 0.15) is 10.7 Å². The first-order valence-electron chi connectivity index (χ1n) is 8.70. The van der Waals surface area contributed by atoms with Crippen molar-refractivity contribution in [2.75, 3.05) is 10.6 Å². The van der Waals surface area contributed by atoms with Crippen LogP contribution in [0.4, 0.5) is 27.8 Å². The lowest BCUT2D eigenvalue weighted by molar-refractivity contribution is -0.114. The summed E-state index contributed by atoms with van der Waals surface area (Å²) >= 11 is 1.37. The fourth-order valence-electron chi connectivity index (χ4n) is 2.62. The lowest BCUT2D eigenvalue weighted by Gasteiger charge is -2.04. The summed E-state index contributed by atoms with van der Waals surface area (Å²) in [6, 6.07) is 16.8. The lowest BCUT2D eigenvalue weighted by Crippen LogP contribution is -2.04. The van der Waals surface area contributed by atoms with E-state index in [2.05, 4.69) is 20.9 Å². The molecule has 7 heteroatoms. The van der Waals surface area contributed by atoms with E-state index < -0.39 is 0 Å². The minimum Gasteiger partial charge on any atom is -0.345 e.